The van der Waals surface area contributed by atoms with Crippen molar-refractivity contribution in [3.63, 3.8) is 0 Å². The zero-order valence-corrected chi connectivity index (χ0v) is 17.6. The van der Waals surface area contributed by atoms with E-state index in [-0.39, 0.29) is 17.9 Å². The Kier molecular flexibility index (Phi) is 7.04. The molecule has 1 atom stereocenters. The number of aryl methyl sites for hydroxylation is 1. The average molecular weight is 394 g/mol. The van der Waals surface area contributed by atoms with E-state index in [9.17, 15) is 9.59 Å². The van der Waals surface area contributed by atoms with E-state index >= 15 is 0 Å². The molecule has 0 aromatic heterocycles. The molecule has 5 heteroatoms. The number of benzene rings is 2. The van der Waals surface area contributed by atoms with Gasteiger partial charge < -0.3 is 15.1 Å². The second-order valence-corrected chi connectivity index (χ2v) is 7.87. The Morgan fingerprint density at radius 3 is 2.28 bits per heavy atom. The highest BCUT2D eigenvalue weighted by Gasteiger charge is 2.21. The predicted molar refractivity (Wildman–Crippen MR) is 117 cm³/mol. The molecule has 1 saturated heterocycles. The number of carbonyl (C=O) groups is 2. The van der Waals surface area contributed by atoms with E-state index in [1.165, 1.54) is 11.1 Å². The van der Waals surface area contributed by atoms with E-state index < -0.39 is 0 Å². The van der Waals surface area contributed by atoms with Gasteiger partial charge in [-0.1, -0.05) is 43.3 Å². The van der Waals surface area contributed by atoms with Gasteiger partial charge in [-0.2, -0.15) is 0 Å². The highest BCUT2D eigenvalue weighted by molar-refractivity contribution is 5.95. The summed E-state index contributed by atoms with van der Waals surface area (Å²) in [7, 11) is 4.06. The predicted octanol–water partition coefficient (Wildman–Crippen LogP) is 3.34. The van der Waals surface area contributed by atoms with Gasteiger partial charge in [0.15, 0.2) is 0 Å². The molecule has 5 nitrogen and oxygen atoms in total. The lowest BCUT2D eigenvalue weighted by atomic mass is 10.0. The van der Waals surface area contributed by atoms with Crippen LogP contribution in [0.3, 0.4) is 0 Å². The minimum absolute atomic E-state index is 0.00651. The molecule has 1 aliphatic heterocycles. The van der Waals surface area contributed by atoms with Gasteiger partial charge in [0, 0.05) is 25.2 Å². The number of nitrogens with zero attached hydrogens (tertiary/aromatic N) is 2. The lowest BCUT2D eigenvalue weighted by Gasteiger charge is -2.25. The maximum absolute atomic E-state index is 12.5. The SMILES string of the molecule is CCc1ccc(C(CNC(=O)Cc2ccc(N3CCCC3=O)cc2)N(C)C)cc1. The van der Waals surface area contributed by atoms with Gasteiger partial charge in [0.05, 0.1) is 12.5 Å². The summed E-state index contributed by atoms with van der Waals surface area (Å²) in [6, 6.07) is 16.5. The Bertz CT molecular complexity index is 828. The van der Waals surface area contributed by atoms with Crippen LogP contribution in [-0.2, 0) is 22.4 Å². The molecular formula is C24H31N3O2. The molecule has 0 aliphatic carbocycles. The molecule has 0 bridgehead atoms. The molecule has 1 N–H and O–H groups in total. The van der Waals surface area contributed by atoms with Gasteiger partial charge in [-0.25, -0.2) is 0 Å². The van der Waals surface area contributed by atoms with Crippen molar-refractivity contribution in [3.05, 3.63) is 65.2 Å². The van der Waals surface area contributed by atoms with Crippen molar-refractivity contribution in [1.82, 2.24) is 10.2 Å². The normalized spacial score (nSPS) is 15.0. The van der Waals surface area contributed by atoms with Gasteiger partial charge in [0.2, 0.25) is 11.8 Å². The van der Waals surface area contributed by atoms with Crippen molar-refractivity contribution >= 4 is 17.5 Å². The summed E-state index contributed by atoms with van der Waals surface area (Å²) in [4.78, 5) is 28.3. The quantitative estimate of drug-likeness (QED) is 0.748. The smallest absolute Gasteiger partial charge is 0.227 e. The first-order valence-corrected chi connectivity index (χ1v) is 10.4. The van der Waals surface area contributed by atoms with Crippen molar-refractivity contribution in [2.75, 3.05) is 32.1 Å². The van der Waals surface area contributed by atoms with Crippen LogP contribution in [0.15, 0.2) is 48.5 Å². The van der Waals surface area contributed by atoms with E-state index in [1.54, 1.807) is 0 Å². The van der Waals surface area contributed by atoms with E-state index in [2.05, 4.69) is 41.4 Å². The summed E-state index contributed by atoms with van der Waals surface area (Å²) in [6.07, 6.45) is 2.90. The number of nitrogens with one attached hydrogen (secondary N) is 1. The summed E-state index contributed by atoms with van der Waals surface area (Å²) >= 11 is 0. The van der Waals surface area contributed by atoms with Gasteiger partial charge in [-0.3, -0.25) is 9.59 Å². The van der Waals surface area contributed by atoms with Gasteiger partial charge in [0.25, 0.3) is 0 Å². The molecule has 2 aromatic rings. The van der Waals surface area contributed by atoms with E-state index in [1.807, 2.05) is 43.3 Å². The molecule has 1 aliphatic rings. The minimum Gasteiger partial charge on any atom is -0.354 e. The minimum atomic E-state index is 0.00651. The molecule has 29 heavy (non-hydrogen) atoms. The van der Waals surface area contributed by atoms with Crippen molar-refractivity contribution < 1.29 is 9.59 Å². The Labute approximate surface area is 173 Å². The number of rotatable bonds is 8. The molecule has 154 valence electrons. The second-order valence-electron chi connectivity index (χ2n) is 7.87. The number of hydrogen-bond acceptors (Lipinski definition) is 3. The van der Waals surface area contributed by atoms with Crippen molar-refractivity contribution in [3.8, 4) is 0 Å². The molecule has 0 spiro atoms. The standard InChI is InChI=1S/C24H31N3O2/c1-4-18-7-11-20(12-8-18)22(26(2)3)17-25-23(28)16-19-9-13-21(14-10-19)27-15-5-6-24(27)29/h7-14,22H,4-6,15-17H2,1-3H3,(H,25,28). The summed E-state index contributed by atoms with van der Waals surface area (Å²) in [5.74, 6) is 0.184. The summed E-state index contributed by atoms with van der Waals surface area (Å²) in [6.45, 7) is 3.50. The average Bonchev–Trinajstić information content (AvgIpc) is 3.15. The third-order valence-electron chi connectivity index (χ3n) is 5.57. The van der Waals surface area contributed by atoms with Crippen LogP contribution in [0.2, 0.25) is 0 Å². The monoisotopic (exact) mass is 393 g/mol. The van der Waals surface area contributed by atoms with Crippen LogP contribution < -0.4 is 10.2 Å². The van der Waals surface area contributed by atoms with Crippen LogP contribution in [0, 0.1) is 0 Å². The fraction of sp³-hybridized carbons (Fsp3) is 0.417. The lowest BCUT2D eigenvalue weighted by molar-refractivity contribution is -0.120. The Hall–Kier alpha value is -2.66. The molecule has 2 amide bonds. The number of amides is 2. The molecule has 1 heterocycles. The number of carbonyl (C=O) groups excluding carboxylic acids is 2. The third-order valence-corrected chi connectivity index (χ3v) is 5.57. The topological polar surface area (TPSA) is 52.7 Å². The molecule has 3 rings (SSSR count). The van der Waals surface area contributed by atoms with E-state index in [0.29, 0.717) is 19.4 Å². The molecule has 1 unspecified atom stereocenters. The van der Waals surface area contributed by atoms with E-state index in [0.717, 1.165) is 30.6 Å². The van der Waals surface area contributed by atoms with Crippen LogP contribution in [0.1, 0.15) is 42.5 Å². The van der Waals surface area contributed by atoms with Crippen LogP contribution >= 0.6 is 0 Å². The molecule has 1 fully saturated rings. The van der Waals surface area contributed by atoms with Crippen LogP contribution in [0.25, 0.3) is 0 Å². The molecule has 0 radical (unpaired) electrons. The van der Waals surface area contributed by atoms with Crippen molar-refractivity contribution in [2.45, 2.75) is 38.6 Å². The Balaban J connectivity index is 1.55. The lowest BCUT2D eigenvalue weighted by Crippen LogP contribution is -2.35. The van der Waals surface area contributed by atoms with Crippen LogP contribution in [-0.4, -0.2) is 43.9 Å². The zero-order valence-electron chi connectivity index (χ0n) is 17.6. The second kappa shape index (κ2) is 9.70. The largest absolute Gasteiger partial charge is 0.354 e. The molecule has 2 aromatic carbocycles. The van der Waals surface area contributed by atoms with Crippen LogP contribution in [0.5, 0.6) is 0 Å². The number of hydrogen-bond donors (Lipinski definition) is 1. The fourth-order valence-electron chi connectivity index (χ4n) is 3.75. The first-order valence-electron chi connectivity index (χ1n) is 10.4. The Morgan fingerprint density at radius 2 is 1.72 bits per heavy atom. The van der Waals surface area contributed by atoms with Crippen molar-refractivity contribution in [2.24, 2.45) is 0 Å². The highest BCUT2D eigenvalue weighted by Crippen LogP contribution is 2.22. The van der Waals surface area contributed by atoms with Crippen LogP contribution in [0.4, 0.5) is 5.69 Å². The maximum atomic E-state index is 12.5. The maximum Gasteiger partial charge on any atom is 0.227 e. The highest BCUT2D eigenvalue weighted by atomic mass is 16.2. The molecular weight excluding hydrogens is 362 g/mol. The summed E-state index contributed by atoms with van der Waals surface area (Å²) in [5.41, 5.74) is 4.38. The van der Waals surface area contributed by atoms with Gasteiger partial charge in [0.1, 0.15) is 0 Å². The van der Waals surface area contributed by atoms with Gasteiger partial charge in [-0.05, 0) is 55.8 Å². The van der Waals surface area contributed by atoms with Crippen molar-refractivity contribution in [1.29, 1.82) is 0 Å². The first-order chi connectivity index (χ1) is 14.0. The van der Waals surface area contributed by atoms with Gasteiger partial charge in [-0.15, -0.1) is 0 Å². The first kappa shape index (κ1) is 21.1. The Morgan fingerprint density at radius 1 is 1.07 bits per heavy atom. The van der Waals surface area contributed by atoms with Gasteiger partial charge >= 0.3 is 0 Å². The molecule has 0 saturated carbocycles. The third kappa shape index (κ3) is 5.45. The zero-order chi connectivity index (χ0) is 20.8. The number of anilines is 1. The summed E-state index contributed by atoms with van der Waals surface area (Å²) in [5, 5.41) is 3.07. The fourth-order valence-corrected chi connectivity index (χ4v) is 3.75. The summed E-state index contributed by atoms with van der Waals surface area (Å²) < 4.78 is 0. The number of likely N-dealkylation sites (N-methyl/N-ethyl adjacent to an activating group) is 1. The van der Waals surface area contributed by atoms with E-state index in [4.69, 9.17) is 0 Å².